The molecule has 90 valence electrons. The van der Waals surface area contributed by atoms with Crippen molar-refractivity contribution in [2.45, 2.75) is 18.5 Å². The number of rotatable bonds is 1. The number of thioether (sulfide) groups is 1. The van der Waals surface area contributed by atoms with Crippen molar-refractivity contribution in [3.05, 3.63) is 40.1 Å². The second-order valence-corrected chi connectivity index (χ2v) is 5.05. The van der Waals surface area contributed by atoms with Gasteiger partial charge < -0.3 is 9.84 Å². The number of aliphatic imine (C=N–C) groups is 2. The third-order valence-corrected chi connectivity index (χ3v) is 4.04. The molecule has 1 aromatic rings. The third kappa shape index (κ3) is 1.26. The van der Waals surface area contributed by atoms with Crippen molar-refractivity contribution in [2.24, 2.45) is 9.98 Å². The zero-order valence-electron chi connectivity index (χ0n) is 9.46. The van der Waals surface area contributed by atoms with Crippen LogP contribution in [0.3, 0.4) is 0 Å². The van der Waals surface area contributed by atoms with E-state index in [-0.39, 0.29) is 0 Å². The van der Waals surface area contributed by atoms with Crippen molar-refractivity contribution < 1.29 is 4.52 Å². The van der Waals surface area contributed by atoms with Crippen LogP contribution in [0.4, 0.5) is 0 Å². The molecule has 3 aliphatic heterocycles. The smallest absolute Gasteiger partial charge is 0.215 e. The Kier molecular flexibility index (Phi) is 2.02. The highest BCUT2D eigenvalue weighted by atomic mass is 32.2. The normalized spacial score (nSPS) is 28.8. The number of hydrogen-bond acceptors (Lipinski definition) is 6. The summed E-state index contributed by atoms with van der Waals surface area (Å²) < 4.78 is 4.87. The van der Waals surface area contributed by atoms with E-state index < -0.39 is 5.66 Å². The molecule has 1 spiro atoms. The topological polar surface area (TPSA) is 62.8 Å². The van der Waals surface area contributed by atoms with Gasteiger partial charge in [-0.1, -0.05) is 5.16 Å². The highest BCUT2D eigenvalue weighted by molar-refractivity contribution is 8.05. The van der Waals surface area contributed by atoms with Gasteiger partial charge in [0.05, 0.1) is 5.70 Å². The fourth-order valence-electron chi connectivity index (χ4n) is 2.37. The molecule has 0 aliphatic carbocycles. The standard InChI is InChI=1S/C12H10N4OS/c1-2-8-6-18-7-10-12(8,13-4-1)15-11(14-10)9-3-5-17-16-9/h3-7H,1-2H2,(H,14,15). The Labute approximate surface area is 108 Å². The molecule has 0 radical (unpaired) electrons. The van der Waals surface area contributed by atoms with Gasteiger partial charge in [0.1, 0.15) is 12.0 Å². The van der Waals surface area contributed by atoms with E-state index in [1.54, 1.807) is 24.1 Å². The van der Waals surface area contributed by atoms with Gasteiger partial charge in [0.25, 0.3) is 0 Å². The molecule has 1 atom stereocenters. The van der Waals surface area contributed by atoms with E-state index in [2.05, 4.69) is 26.3 Å². The van der Waals surface area contributed by atoms with Gasteiger partial charge >= 0.3 is 0 Å². The van der Waals surface area contributed by atoms with Crippen LogP contribution >= 0.6 is 11.8 Å². The summed E-state index contributed by atoms with van der Waals surface area (Å²) >= 11 is 1.67. The summed E-state index contributed by atoms with van der Waals surface area (Å²) in [7, 11) is 0. The molecule has 0 aromatic carbocycles. The lowest BCUT2D eigenvalue weighted by Crippen LogP contribution is -2.33. The largest absolute Gasteiger partial charge is 0.364 e. The third-order valence-electron chi connectivity index (χ3n) is 3.25. The predicted octanol–water partition coefficient (Wildman–Crippen LogP) is 2.06. The van der Waals surface area contributed by atoms with Gasteiger partial charge in [0.2, 0.25) is 5.66 Å². The van der Waals surface area contributed by atoms with Crippen molar-refractivity contribution in [3.8, 4) is 0 Å². The summed E-state index contributed by atoms with van der Waals surface area (Å²) in [6.07, 6.45) is 5.49. The molecular weight excluding hydrogens is 248 g/mol. The van der Waals surface area contributed by atoms with Crippen LogP contribution in [-0.4, -0.2) is 22.9 Å². The molecule has 0 saturated carbocycles. The van der Waals surface area contributed by atoms with Crippen LogP contribution in [0, 0.1) is 0 Å². The summed E-state index contributed by atoms with van der Waals surface area (Å²) in [5.74, 6) is 0.724. The van der Waals surface area contributed by atoms with E-state index in [1.165, 1.54) is 5.57 Å². The van der Waals surface area contributed by atoms with Crippen LogP contribution in [0.25, 0.3) is 0 Å². The first-order chi connectivity index (χ1) is 8.88. The molecule has 5 nitrogen and oxygen atoms in total. The molecule has 0 saturated heterocycles. The quantitative estimate of drug-likeness (QED) is 0.837. The number of nitrogens with one attached hydrogen (secondary N) is 1. The lowest BCUT2D eigenvalue weighted by molar-refractivity contribution is 0.418. The Morgan fingerprint density at radius 1 is 1.39 bits per heavy atom. The lowest BCUT2D eigenvalue weighted by Gasteiger charge is -2.30. The van der Waals surface area contributed by atoms with Crippen LogP contribution < -0.4 is 5.32 Å². The lowest BCUT2D eigenvalue weighted by atomic mass is 9.93. The Morgan fingerprint density at radius 2 is 2.39 bits per heavy atom. The monoisotopic (exact) mass is 258 g/mol. The predicted molar refractivity (Wildman–Crippen MR) is 70.4 cm³/mol. The van der Waals surface area contributed by atoms with Gasteiger partial charge in [0.15, 0.2) is 5.84 Å². The van der Waals surface area contributed by atoms with E-state index in [4.69, 9.17) is 9.52 Å². The molecule has 0 amide bonds. The molecule has 4 heterocycles. The minimum atomic E-state index is -0.558. The molecule has 0 fully saturated rings. The summed E-state index contributed by atoms with van der Waals surface area (Å²) in [6, 6.07) is 1.80. The summed E-state index contributed by atoms with van der Waals surface area (Å²) in [5, 5.41) is 11.4. The summed E-state index contributed by atoms with van der Waals surface area (Å²) in [6.45, 7) is 0. The fourth-order valence-corrected chi connectivity index (χ4v) is 3.25. The van der Waals surface area contributed by atoms with E-state index in [0.717, 1.165) is 24.4 Å². The highest BCUT2D eigenvalue weighted by Gasteiger charge is 2.45. The Morgan fingerprint density at radius 3 is 3.28 bits per heavy atom. The minimum Gasteiger partial charge on any atom is -0.364 e. The maximum absolute atomic E-state index is 4.87. The molecule has 18 heavy (non-hydrogen) atoms. The van der Waals surface area contributed by atoms with Gasteiger partial charge in [-0.2, -0.15) is 0 Å². The number of hydrogen-bond donors (Lipinski definition) is 1. The molecule has 1 unspecified atom stereocenters. The number of amidine groups is 1. The van der Waals surface area contributed by atoms with Crippen molar-refractivity contribution in [1.29, 1.82) is 0 Å². The van der Waals surface area contributed by atoms with Gasteiger partial charge in [0, 0.05) is 12.3 Å². The van der Waals surface area contributed by atoms with Crippen molar-refractivity contribution >= 4 is 23.8 Å². The maximum Gasteiger partial charge on any atom is 0.215 e. The summed E-state index contributed by atoms with van der Waals surface area (Å²) in [5.41, 5.74) is 2.42. The molecule has 3 aliphatic rings. The van der Waals surface area contributed by atoms with Gasteiger partial charge in [-0.3, -0.25) is 4.99 Å². The maximum atomic E-state index is 4.87. The summed E-state index contributed by atoms with van der Waals surface area (Å²) in [4.78, 5) is 9.36. The average molecular weight is 258 g/mol. The van der Waals surface area contributed by atoms with Gasteiger partial charge in [-0.05, 0) is 29.2 Å². The number of aromatic nitrogens is 1. The first-order valence-corrected chi connectivity index (χ1v) is 6.70. The van der Waals surface area contributed by atoms with Gasteiger partial charge in [-0.15, -0.1) is 11.8 Å². The molecule has 6 heteroatoms. The van der Waals surface area contributed by atoms with Crippen LogP contribution in [0.1, 0.15) is 18.5 Å². The van der Waals surface area contributed by atoms with Crippen LogP contribution in [-0.2, 0) is 0 Å². The fraction of sp³-hybridized carbons (Fsp3) is 0.250. The SMILES string of the molecule is C1=NC23N=C(c4ccon4)NC2=CSC=C3CC1. The molecule has 0 bridgehead atoms. The number of nitrogens with zero attached hydrogens (tertiary/aromatic N) is 3. The minimum absolute atomic E-state index is 0.558. The van der Waals surface area contributed by atoms with Crippen LogP contribution in [0.5, 0.6) is 0 Å². The van der Waals surface area contributed by atoms with Crippen LogP contribution in [0.2, 0.25) is 0 Å². The van der Waals surface area contributed by atoms with Crippen LogP contribution in [0.15, 0.2) is 48.9 Å². The van der Waals surface area contributed by atoms with Crippen molar-refractivity contribution in [3.63, 3.8) is 0 Å². The first-order valence-electron chi connectivity index (χ1n) is 5.75. The van der Waals surface area contributed by atoms with Crippen molar-refractivity contribution in [1.82, 2.24) is 10.5 Å². The van der Waals surface area contributed by atoms with E-state index >= 15 is 0 Å². The Bertz CT molecular complexity index is 614. The molecule has 1 N–H and O–H groups in total. The Balaban J connectivity index is 1.86. The van der Waals surface area contributed by atoms with E-state index in [1.807, 2.05) is 6.21 Å². The Hall–Kier alpha value is -1.82. The molecule has 4 rings (SSSR count). The highest BCUT2D eigenvalue weighted by Crippen LogP contribution is 2.44. The van der Waals surface area contributed by atoms with Crippen molar-refractivity contribution in [2.75, 3.05) is 0 Å². The zero-order valence-corrected chi connectivity index (χ0v) is 10.3. The second-order valence-electron chi connectivity index (χ2n) is 4.30. The average Bonchev–Trinajstić information content (AvgIpc) is 3.04. The zero-order chi connectivity index (χ0) is 12.0. The molecular formula is C12H10N4OS. The van der Waals surface area contributed by atoms with Gasteiger partial charge in [-0.25, -0.2) is 4.99 Å². The second kappa shape index (κ2) is 3.58. The van der Waals surface area contributed by atoms with E-state index in [9.17, 15) is 0 Å². The first kappa shape index (κ1) is 10.1. The van der Waals surface area contributed by atoms with E-state index in [0.29, 0.717) is 5.69 Å². The molecule has 1 aromatic heterocycles.